The fourth-order valence-electron chi connectivity index (χ4n) is 3.22. The summed E-state index contributed by atoms with van der Waals surface area (Å²) in [6.07, 6.45) is -2.44. The van der Waals surface area contributed by atoms with Crippen LogP contribution in [0.4, 0.5) is 13.2 Å². The van der Waals surface area contributed by atoms with E-state index in [4.69, 9.17) is 0 Å². The SMILES string of the molecule is Cc1cc(C)n(CC(=O)N(C)[C@H]2CCCC[C@H]2C(F)(F)F)n1. The van der Waals surface area contributed by atoms with Gasteiger partial charge < -0.3 is 4.90 Å². The molecule has 22 heavy (non-hydrogen) atoms. The van der Waals surface area contributed by atoms with Crippen LogP contribution in [0.5, 0.6) is 0 Å². The molecule has 2 atom stereocenters. The van der Waals surface area contributed by atoms with E-state index in [2.05, 4.69) is 5.10 Å². The van der Waals surface area contributed by atoms with Crippen molar-refractivity contribution in [3.05, 3.63) is 17.5 Å². The minimum atomic E-state index is -4.25. The van der Waals surface area contributed by atoms with Crippen molar-refractivity contribution in [2.75, 3.05) is 7.05 Å². The summed E-state index contributed by atoms with van der Waals surface area (Å²) in [6, 6.07) is 1.07. The predicted molar refractivity (Wildman–Crippen MR) is 76.3 cm³/mol. The van der Waals surface area contributed by atoms with Gasteiger partial charge in [0, 0.05) is 18.8 Å². The number of nitrogens with zero attached hydrogens (tertiary/aromatic N) is 3. The van der Waals surface area contributed by atoms with Crippen LogP contribution in [0.25, 0.3) is 0 Å². The standard InChI is InChI=1S/C15H22F3N3O/c1-10-8-11(2)21(19-10)9-14(22)20(3)13-7-5-4-6-12(13)15(16,17)18/h8,12-13H,4-7,9H2,1-3H3/t12-,13+/m1/s1. The van der Waals surface area contributed by atoms with Gasteiger partial charge in [-0.15, -0.1) is 0 Å². The molecular formula is C15H22F3N3O. The Morgan fingerprint density at radius 3 is 2.55 bits per heavy atom. The number of rotatable bonds is 3. The third kappa shape index (κ3) is 3.62. The minimum Gasteiger partial charge on any atom is -0.341 e. The summed E-state index contributed by atoms with van der Waals surface area (Å²) < 4.78 is 41.0. The smallest absolute Gasteiger partial charge is 0.341 e. The van der Waals surface area contributed by atoms with Crippen LogP contribution in [0.2, 0.25) is 0 Å². The van der Waals surface area contributed by atoms with E-state index in [-0.39, 0.29) is 18.9 Å². The highest BCUT2D eigenvalue weighted by Crippen LogP contribution is 2.39. The average Bonchev–Trinajstić information content (AvgIpc) is 2.75. The Morgan fingerprint density at radius 1 is 1.36 bits per heavy atom. The Morgan fingerprint density at radius 2 is 2.00 bits per heavy atom. The van der Waals surface area contributed by atoms with Gasteiger partial charge >= 0.3 is 6.18 Å². The molecule has 1 aromatic rings. The maximum Gasteiger partial charge on any atom is 0.393 e. The number of likely N-dealkylation sites (N-methyl/N-ethyl adjacent to an activating group) is 1. The van der Waals surface area contributed by atoms with E-state index in [9.17, 15) is 18.0 Å². The van der Waals surface area contributed by atoms with Gasteiger partial charge in [0.15, 0.2) is 0 Å². The Hall–Kier alpha value is -1.53. The molecular weight excluding hydrogens is 295 g/mol. The highest BCUT2D eigenvalue weighted by Gasteiger charge is 2.47. The van der Waals surface area contributed by atoms with Crippen LogP contribution in [0.3, 0.4) is 0 Å². The fraction of sp³-hybridized carbons (Fsp3) is 0.733. The molecule has 1 aliphatic rings. The third-order valence-electron chi connectivity index (χ3n) is 4.43. The molecule has 1 fully saturated rings. The first-order valence-electron chi connectivity index (χ1n) is 7.53. The Balaban J connectivity index is 2.09. The zero-order valence-electron chi connectivity index (χ0n) is 13.2. The lowest BCUT2D eigenvalue weighted by Crippen LogP contribution is -2.49. The van der Waals surface area contributed by atoms with E-state index >= 15 is 0 Å². The van der Waals surface area contributed by atoms with Crippen LogP contribution >= 0.6 is 0 Å². The minimum absolute atomic E-state index is 0.0166. The van der Waals surface area contributed by atoms with Crippen LogP contribution in [-0.4, -0.2) is 39.9 Å². The number of carbonyl (C=O) groups excluding carboxylic acids is 1. The Labute approximate surface area is 128 Å². The summed E-state index contributed by atoms with van der Waals surface area (Å²) in [5, 5.41) is 4.19. The van der Waals surface area contributed by atoms with Crippen molar-refractivity contribution in [3.8, 4) is 0 Å². The molecule has 7 heteroatoms. The number of hydrogen-bond donors (Lipinski definition) is 0. The molecule has 0 unspecified atom stereocenters. The molecule has 0 radical (unpaired) electrons. The van der Waals surface area contributed by atoms with Gasteiger partial charge in [0.2, 0.25) is 5.91 Å². The second-order valence-corrected chi connectivity index (χ2v) is 6.09. The second kappa shape index (κ2) is 6.30. The van der Waals surface area contributed by atoms with Gasteiger partial charge in [-0.05, 0) is 32.8 Å². The number of halogens is 3. The topological polar surface area (TPSA) is 38.1 Å². The van der Waals surface area contributed by atoms with Crippen molar-refractivity contribution in [1.29, 1.82) is 0 Å². The number of aryl methyl sites for hydroxylation is 2. The maximum atomic E-state index is 13.2. The van der Waals surface area contributed by atoms with Crippen LogP contribution in [-0.2, 0) is 11.3 Å². The molecule has 1 amide bonds. The number of alkyl halides is 3. The first-order valence-corrected chi connectivity index (χ1v) is 7.53. The summed E-state index contributed by atoms with van der Waals surface area (Å²) in [7, 11) is 1.47. The molecule has 0 aromatic carbocycles. The van der Waals surface area contributed by atoms with Crippen molar-refractivity contribution in [2.24, 2.45) is 5.92 Å². The van der Waals surface area contributed by atoms with E-state index in [1.54, 1.807) is 4.68 Å². The maximum absolute atomic E-state index is 13.2. The van der Waals surface area contributed by atoms with Crippen molar-refractivity contribution < 1.29 is 18.0 Å². The highest BCUT2D eigenvalue weighted by atomic mass is 19.4. The molecule has 0 bridgehead atoms. The first-order chi connectivity index (χ1) is 10.2. The van der Waals surface area contributed by atoms with Crippen molar-refractivity contribution >= 4 is 5.91 Å². The molecule has 1 heterocycles. The quantitative estimate of drug-likeness (QED) is 0.859. The van der Waals surface area contributed by atoms with Crippen LogP contribution in [0, 0.1) is 19.8 Å². The largest absolute Gasteiger partial charge is 0.393 e. The molecule has 1 aliphatic carbocycles. The molecule has 2 rings (SSSR count). The summed E-state index contributed by atoms with van der Waals surface area (Å²) in [6.45, 7) is 3.63. The van der Waals surface area contributed by atoms with Crippen LogP contribution in [0.1, 0.15) is 37.1 Å². The number of hydrogen-bond acceptors (Lipinski definition) is 2. The lowest BCUT2D eigenvalue weighted by molar-refractivity contribution is -0.199. The molecule has 124 valence electrons. The summed E-state index contributed by atoms with van der Waals surface area (Å²) in [5.74, 6) is -1.75. The predicted octanol–water partition coefficient (Wildman–Crippen LogP) is 3.08. The Bertz CT molecular complexity index is 539. The van der Waals surface area contributed by atoms with Gasteiger partial charge in [0.05, 0.1) is 11.6 Å². The van der Waals surface area contributed by atoms with E-state index in [0.717, 1.165) is 17.8 Å². The number of amides is 1. The van der Waals surface area contributed by atoms with Gasteiger partial charge in [0.25, 0.3) is 0 Å². The van der Waals surface area contributed by atoms with Gasteiger partial charge in [-0.3, -0.25) is 9.48 Å². The zero-order chi connectivity index (χ0) is 16.5. The highest BCUT2D eigenvalue weighted by molar-refractivity contribution is 5.76. The lowest BCUT2D eigenvalue weighted by Gasteiger charge is -2.38. The summed E-state index contributed by atoms with van der Waals surface area (Å²) in [4.78, 5) is 13.6. The monoisotopic (exact) mass is 317 g/mol. The second-order valence-electron chi connectivity index (χ2n) is 6.09. The molecule has 0 aliphatic heterocycles. The first kappa shape index (κ1) is 16.8. The molecule has 0 N–H and O–H groups in total. The van der Waals surface area contributed by atoms with Crippen molar-refractivity contribution in [1.82, 2.24) is 14.7 Å². The third-order valence-corrected chi connectivity index (χ3v) is 4.43. The molecule has 0 spiro atoms. The molecule has 1 aromatic heterocycles. The zero-order valence-corrected chi connectivity index (χ0v) is 13.2. The van der Waals surface area contributed by atoms with E-state index in [0.29, 0.717) is 12.8 Å². The lowest BCUT2D eigenvalue weighted by atomic mass is 9.83. The number of carbonyl (C=O) groups is 1. The molecule has 0 saturated heterocycles. The van der Waals surface area contributed by atoms with Crippen molar-refractivity contribution in [2.45, 2.75) is 58.3 Å². The Kier molecular flexibility index (Phi) is 4.82. The van der Waals surface area contributed by atoms with Gasteiger partial charge in [0.1, 0.15) is 6.54 Å². The molecule has 1 saturated carbocycles. The average molecular weight is 317 g/mol. The van der Waals surface area contributed by atoms with Crippen LogP contribution in [0.15, 0.2) is 6.07 Å². The van der Waals surface area contributed by atoms with E-state index < -0.39 is 18.1 Å². The van der Waals surface area contributed by atoms with Gasteiger partial charge in [-0.1, -0.05) is 12.8 Å². The van der Waals surface area contributed by atoms with E-state index in [1.165, 1.54) is 11.9 Å². The number of aromatic nitrogens is 2. The van der Waals surface area contributed by atoms with E-state index in [1.807, 2.05) is 19.9 Å². The van der Waals surface area contributed by atoms with Crippen LogP contribution < -0.4 is 0 Å². The van der Waals surface area contributed by atoms with Crippen molar-refractivity contribution in [3.63, 3.8) is 0 Å². The summed E-state index contributed by atoms with van der Waals surface area (Å²) >= 11 is 0. The fourth-order valence-corrected chi connectivity index (χ4v) is 3.22. The summed E-state index contributed by atoms with van der Waals surface area (Å²) in [5.41, 5.74) is 1.62. The normalized spacial score (nSPS) is 22.6. The molecule has 4 nitrogen and oxygen atoms in total. The van der Waals surface area contributed by atoms with Gasteiger partial charge in [-0.25, -0.2) is 0 Å². The van der Waals surface area contributed by atoms with Gasteiger partial charge in [-0.2, -0.15) is 18.3 Å².